The van der Waals surface area contributed by atoms with Gasteiger partial charge in [-0.1, -0.05) is 39.5 Å². The van der Waals surface area contributed by atoms with Crippen molar-refractivity contribution in [1.29, 1.82) is 0 Å². The zero-order valence-corrected chi connectivity index (χ0v) is 9.40. The van der Waals surface area contributed by atoms with Gasteiger partial charge < -0.3 is 10.1 Å². The van der Waals surface area contributed by atoms with Crippen molar-refractivity contribution in [1.82, 2.24) is 5.32 Å². The molecular weight excluding hydrogens is 186 g/mol. The Kier molecular flexibility index (Phi) is 5.06. The monoisotopic (exact) mass is 203 g/mol. The second kappa shape index (κ2) is 5.27. The Balaban J connectivity index is 4.14. The number of aldehydes is 1. The number of nitrogens with one attached hydrogen (secondary N) is 1. The number of thioether (sulfide) groups is 1. The number of hydrogen-bond acceptors (Lipinski definition) is 3. The fourth-order valence-electron chi connectivity index (χ4n) is 0.754. The zero-order chi connectivity index (χ0) is 10.5. The number of amides is 1. The van der Waals surface area contributed by atoms with E-state index in [4.69, 9.17) is 0 Å². The standard InChI is InChI=1S/C9H17NO2S/c1-5-13-8(12)10-7(6-11)9(2,3)4/h6-7H,5H2,1-4H3,(H,10,12). The summed E-state index contributed by atoms with van der Waals surface area (Å²) >= 11 is 1.18. The number of rotatable bonds is 3. The molecule has 0 aromatic rings. The van der Waals surface area contributed by atoms with Crippen molar-refractivity contribution in [3.8, 4) is 0 Å². The van der Waals surface area contributed by atoms with E-state index in [1.165, 1.54) is 11.8 Å². The van der Waals surface area contributed by atoms with E-state index in [-0.39, 0.29) is 10.7 Å². The van der Waals surface area contributed by atoms with Crippen molar-refractivity contribution in [3.63, 3.8) is 0 Å². The molecule has 0 fully saturated rings. The van der Waals surface area contributed by atoms with Crippen LogP contribution in [0.1, 0.15) is 27.7 Å². The quantitative estimate of drug-likeness (QED) is 0.714. The molecule has 4 heteroatoms. The number of carbonyl (C=O) groups excluding carboxylic acids is 2. The Bertz CT molecular complexity index is 187. The van der Waals surface area contributed by atoms with Gasteiger partial charge in [0.05, 0.1) is 6.04 Å². The third kappa shape index (κ3) is 4.93. The molecule has 0 aromatic carbocycles. The topological polar surface area (TPSA) is 46.2 Å². The summed E-state index contributed by atoms with van der Waals surface area (Å²) in [4.78, 5) is 21.8. The van der Waals surface area contributed by atoms with Gasteiger partial charge >= 0.3 is 0 Å². The minimum absolute atomic E-state index is 0.130. The maximum Gasteiger partial charge on any atom is 0.279 e. The molecule has 0 aliphatic carbocycles. The lowest BCUT2D eigenvalue weighted by atomic mass is 9.88. The van der Waals surface area contributed by atoms with Gasteiger partial charge in [0.1, 0.15) is 6.29 Å². The highest BCUT2D eigenvalue weighted by molar-refractivity contribution is 8.13. The minimum Gasteiger partial charge on any atom is -0.337 e. The van der Waals surface area contributed by atoms with Crippen molar-refractivity contribution < 1.29 is 9.59 Å². The van der Waals surface area contributed by atoms with Crippen molar-refractivity contribution in [2.45, 2.75) is 33.7 Å². The normalized spacial score (nSPS) is 13.5. The summed E-state index contributed by atoms with van der Waals surface area (Å²) in [5, 5.41) is 2.53. The number of hydrogen-bond donors (Lipinski definition) is 1. The van der Waals surface area contributed by atoms with E-state index in [1.54, 1.807) is 0 Å². The van der Waals surface area contributed by atoms with E-state index in [0.29, 0.717) is 0 Å². The summed E-state index contributed by atoms with van der Waals surface area (Å²) in [6, 6.07) is -0.404. The molecule has 0 saturated heterocycles. The molecule has 0 bridgehead atoms. The second-order valence-corrected chi connectivity index (χ2v) is 5.08. The van der Waals surface area contributed by atoms with Crippen molar-refractivity contribution in [2.24, 2.45) is 5.41 Å². The fraction of sp³-hybridized carbons (Fsp3) is 0.778. The van der Waals surface area contributed by atoms with Crippen LogP contribution >= 0.6 is 11.8 Å². The van der Waals surface area contributed by atoms with Gasteiger partial charge in [0.25, 0.3) is 5.24 Å². The first-order chi connectivity index (χ1) is 5.91. The van der Waals surface area contributed by atoms with Crippen LogP contribution in [0.15, 0.2) is 0 Å². The van der Waals surface area contributed by atoms with Crippen LogP contribution in [0.4, 0.5) is 4.79 Å². The number of carbonyl (C=O) groups is 2. The maximum atomic E-state index is 11.2. The second-order valence-electron chi connectivity index (χ2n) is 3.84. The van der Waals surface area contributed by atoms with Gasteiger partial charge in [-0.25, -0.2) is 0 Å². The Labute approximate surface area is 83.7 Å². The lowest BCUT2D eigenvalue weighted by Crippen LogP contribution is -2.43. The van der Waals surface area contributed by atoms with Crippen LogP contribution in [0.5, 0.6) is 0 Å². The predicted octanol–water partition coefficient (Wildman–Crippen LogP) is 2.06. The first-order valence-electron chi connectivity index (χ1n) is 4.30. The first kappa shape index (κ1) is 12.5. The molecule has 76 valence electrons. The maximum absolute atomic E-state index is 11.2. The molecule has 0 aliphatic rings. The largest absolute Gasteiger partial charge is 0.337 e. The SMILES string of the molecule is CCSC(=O)NC(C=O)C(C)(C)C. The molecule has 0 spiro atoms. The van der Waals surface area contributed by atoms with Gasteiger partial charge in [-0.2, -0.15) is 0 Å². The van der Waals surface area contributed by atoms with Crippen LogP contribution in [-0.2, 0) is 4.79 Å². The zero-order valence-electron chi connectivity index (χ0n) is 8.59. The van der Waals surface area contributed by atoms with Gasteiger partial charge in [-0.15, -0.1) is 0 Å². The molecular formula is C9H17NO2S. The third-order valence-electron chi connectivity index (χ3n) is 1.62. The Hall–Kier alpha value is -0.510. The molecule has 1 atom stereocenters. The van der Waals surface area contributed by atoms with Crippen LogP contribution in [-0.4, -0.2) is 23.3 Å². The van der Waals surface area contributed by atoms with Crippen LogP contribution in [0.25, 0.3) is 0 Å². The molecule has 0 radical (unpaired) electrons. The highest BCUT2D eigenvalue weighted by Crippen LogP contribution is 2.18. The summed E-state index contributed by atoms with van der Waals surface area (Å²) < 4.78 is 0. The van der Waals surface area contributed by atoms with E-state index < -0.39 is 6.04 Å². The Morgan fingerprint density at radius 3 is 2.38 bits per heavy atom. The summed E-state index contributed by atoms with van der Waals surface area (Å²) in [7, 11) is 0. The molecule has 0 rings (SSSR count). The lowest BCUT2D eigenvalue weighted by molar-refractivity contribution is -0.111. The van der Waals surface area contributed by atoms with Crippen molar-refractivity contribution in [3.05, 3.63) is 0 Å². The predicted molar refractivity (Wildman–Crippen MR) is 56.0 cm³/mol. The summed E-state index contributed by atoms with van der Waals surface area (Å²) in [6.07, 6.45) is 0.786. The highest BCUT2D eigenvalue weighted by Gasteiger charge is 2.25. The van der Waals surface area contributed by atoms with Crippen molar-refractivity contribution in [2.75, 3.05) is 5.75 Å². The van der Waals surface area contributed by atoms with E-state index in [9.17, 15) is 9.59 Å². The fourth-order valence-corrected chi connectivity index (χ4v) is 1.23. The third-order valence-corrected chi connectivity index (χ3v) is 2.29. The Morgan fingerprint density at radius 1 is 1.54 bits per heavy atom. The molecule has 3 nitrogen and oxygen atoms in total. The van der Waals surface area contributed by atoms with Gasteiger partial charge in [0.15, 0.2) is 0 Å². The molecule has 1 unspecified atom stereocenters. The van der Waals surface area contributed by atoms with Gasteiger partial charge in [0.2, 0.25) is 0 Å². The van der Waals surface area contributed by atoms with E-state index in [0.717, 1.165) is 12.0 Å². The summed E-state index contributed by atoms with van der Waals surface area (Å²) in [5.41, 5.74) is -0.217. The molecule has 0 aromatic heterocycles. The smallest absolute Gasteiger partial charge is 0.279 e. The molecule has 0 heterocycles. The van der Waals surface area contributed by atoms with Gasteiger partial charge in [0, 0.05) is 0 Å². The van der Waals surface area contributed by atoms with E-state index in [2.05, 4.69) is 5.32 Å². The van der Waals surface area contributed by atoms with E-state index >= 15 is 0 Å². The average Bonchev–Trinajstić information content (AvgIpc) is 1.98. The minimum atomic E-state index is -0.404. The molecule has 13 heavy (non-hydrogen) atoms. The van der Waals surface area contributed by atoms with Crippen molar-refractivity contribution >= 4 is 23.3 Å². The van der Waals surface area contributed by atoms with Crippen LogP contribution in [0.2, 0.25) is 0 Å². The first-order valence-corrected chi connectivity index (χ1v) is 5.29. The Morgan fingerprint density at radius 2 is 2.08 bits per heavy atom. The van der Waals surface area contributed by atoms with Crippen LogP contribution < -0.4 is 5.32 Å². The highest BCUT2D eigenvalue weighted by atomic mass is 32.2. The molecule has 1 amide bonds. The van der Waals surface area contributed by atoms with Gasteiger partial charge in [-0.05, 0) is 11.2 Å². The van der Waals surface area contributed by atoms with Crippen LogP contribution in [0.3, 0.4) is 0 Å². The van der Waals surface area contributed by atoms with Gasteiger partial charge in [-0.3, -0.25) is 4.79 Å². The molecule has 0 aliphatic heterocycles. The van der Waals surface area contributed by atoms with E-state index in [1.807, 2.05) is 27.7 Å². The molecule has 1 N–H and O–H groups in total. The lowest BCUT2D eigenvalue weighted by Gasteiger charge is -2.26. The summed E-state index contributed by atoms with van der Waals surface area (Å²) in [5.74, 6) is 0.724. The van der Waals surface area contributed by atoms with Crippen LogP contribution in [0, 0.1) is 5.41 Å². The summed E-state index contributed by atoms with van der Waals surface area (Å²) in [6.45, 7) is 7.66. The molecule has 0 saturated carbocycles. The average molecular weight is 203 g/mol.